The Morgan fingerprint density at radius 1 is 1.30 bits per heavy atom. The van der Waals surface area contributed by atoms with Crippen molar-refractivity contribution >= 4 is 17.1 Å². The molecule has 1 atom stereocenters. The van der Waals surface area contributed by atoms with E-state index in [0.29, 0.717) is 5.69 Å². The van der Waals surface area contributed by atoms with Crippen LogP contribution >= 0.6 is 0 Å². The van der Waals surface area contributed by atoms with Gasteiger partial charge in [0.25, 0.3) is 5.69 Å². The highest BCUT2D eigenvalue weighted by Gasteiger charge is 2.11. The van der Waals surface area contributed by atoms with E-state index in [0.717, 1.165) is 5.56 Å². The number of hydrogen-bond donors (Lipinski definition) is 2. The molecule has 6 heteroatoms. The fourth-order valence-electron chi connectivity index (χ4n) is 1.89. The number of nitrogen functional groups attached to an aromatic ring is 1. The summed E-state index contributed by atoms with van der Waals surface area (Å²) in [5, 5.41) is 13.7. The van der Waals surface area contributed by atoms with Crippen molar-refractivity contribution in [1.82, 2.24) is 0 Å². The Balaban J connectivity index is 2.19. The van der Waals surface area contributed by atoms with Crippen LogP contribution in [-0.4, -0.2) is 4.92 Å². The molecule has 0 bridgehead atoms. The Morgan fingerprint density at radius 2 is 2.05 bits per heavy atom. The van der Waals surface area contributed by atoms with Crippen molar-refractivity contribution in [2.24, 2.45) is 0 Å². The lowest BCUT2D eigenvalue weighted by Crippen LogP contribution is -2.08. The number of nitro benzene ring substituents is 1. The van der Waals surface area contributed by atoms with Gasteiger partial charge in [0.2, 0.25) is 0 Å². The van der Waals surface area contributed by atoms with Crippen LogP contribution in [0.5, 0.6) is 0 Å². The molecule has 0 aliphatic carbocycles. The molecule has 0 saturated carbocycles. The van der Waals surface area contributed by atoms with Gasteiger partial charge in [0.15, 0.2) is 0 Å². The van der Waals surface area contributed by atoms with Gasteiger partial charge in [-0.3, -0.25) is 10.1 Å². The molecule has 3 N–H and O–H groups in total. The second kappa shape index (κ2) is 5.56. The van der Waals surface area contributed by atoms with Gasteiger partial charge in [0.1, 0.15) is 5.82 Å². The van der Waals surface area contributed by atoms with Crippen LogP contribution in [0.4, 0.5) is 21.5 Å². The second-order valence-electron chi connectivity index (χ2n) is 4.45. The van der Waals surface area contributed by atoms with Crippen LogP contribution in [0.3, 0.4) is 0 Å². The van der Waals surface area contributed by atoms with E-state index in [1.165, 1.54) is 24.3 Å². The maximum atomic E-state index is 13.2. The fourth-order valence-corrected chi connectivity index (χ4v) is 1.89. The van der Waals surface area contributed by atoms with Crippen LogP contribution in [0.25, 0.3) is 0 Å². The standard InChI is InChI=1S/C14H14FN3O2/c1-9(10-3-2-4-11(15)7-10)17-14-6-5-12(18(19)20)8-13(14)16/h2-9,17H,16H2,1H3. The third-order valence-corrected chi connectivity index (χ3v) is 2.97. The summed E-state index contributed by atoms with van der Waals surface area (Å²) in [6, 6.07) is 10.3. The molecule has 0 aliphatic rings. The SMILES string of the molecule is CC(Nc1ccc([N+](=O)[O-])cc1N)c1cccc(F)c1. The first-order chi connectivity index (χ1) is 9.47. The van der Waals surface area contributed by atoms with Crippen molar-refractivity contribution in [3.8, 4) is 0 Å². The van der Waals surface area contributed by atoms with E-state index in [-0.39, 0.29) is 23.2 Å². The minimum Gasteiger partial charge on any atom is -0.397 e. The molecule has 0 aromatic heterocycles. The highest BCUT2D eigenvalue weighted by atomic mass is 19.1. The predicted molar refractivity (Wildman–Crippen MR) is 75.9 cm³/mol. The van der Waals surface area contributed by atoms with Crippen LogP contribution in [0.15, 0.2) is 42.5 Å². The molecular weight excluding hydrogens is 261 g/mol. The third kappa shape index (κ3) is 3.03. The van der Waals surface area contributed by atoms with Crippen molar-refractivity contribution in [2.75, 3.05) is 11.1 Å². The maximum absolute atomic E-state index is 13.2. The minimum absolute atomic E-state index is 0.0635. The Morgan fingerprint density at radius 3 is 2.65 bits per heavy atom. The number of rotatable bonds is 4. The molecule has 2 rings (SSSR count). The molecule has 20 heavy (non-hydrogen) atoms. The number of nitrogens with one attached hydrogen (secondary N) is 1. The summed E-state index contributed by atoms with van der Waals surface area (Å²) >= 11 is 0. The molecule has 104 valence electrons. The number of anilines is 2. The fraction of sp³-hybridized carbons (Fsp3) is 0.143. The topological polar surface area (TPSA) is 81.2 Å². The minimum atomic E-state index is -0.504. The number of benzene rings is 2. The molecule has 0 aliphatic heterocycles. The molecule has 0 fully saturated rings. The smallest absolute Gasteiger partial charge is 0.271 e. The van der Waals surface area contributed by atoms with Gasteiger partial charge >= 0.3 is 0 Å². The number of nitro groups is 1. The first-order valence-corrected chi connectivity index (χ1v) is 6.03. The van der Waals surface area contributed by atoms with E-state index in [4.69, 9.17) is 5.73 Å². The summed E-state index contributed by atoms with van der Waals surface area (Å²) in [6.07, 6.45) is 0. The highest BCUT2D eigenvalue weighted by Crippen LogP contribution is 2.27. The summed E-state index contributed by atoms with van der Waals surface area (Å²) in [4.78, 5) is 10.1. The van der Waals surface area contributed by atoms with E-state index in [2.05, 4.69) is 5.32 Å². The lowest BCUT2D eigenvalue weighted by Gasteiger charge is -2.17. The van der Waals surface area contributed by atoms with Gasteiger partial charge in [-0.2, -0.15) is 0 Å². The van der Waals surface area contributed by atoms with Gasteiger partial charge in [0.05, 0.1) is 16.3 Å². The van der Waals surface area contributed by atoms with Crippen molar-refractivity contribution in [2.45, 2.75) is 13.0 Å². The van der Waals surface area contributed by atoms with Crippen LogP contribution in [0, 0.1) is 15.9 Å². The average molecular weight is 275 g/mol. The van der Waals surface area contributed by atoms with Crippen LogP contribution in [-0.2, 0) is 0 Å². The predicted octanol–water partition coefficient (Wildman–Crippen LogP) is 3.49. The molecule has 0 radical (unpaired) electrons. The van der Waals surface area contributed by atoms with Gasteiger partial charge in [-0.25, -0.2) is 4.39 Å². The number of nitrogens with two attached hydrogens (primary N) is 1. The maximum Gasteiger partial charge on any atom is 0.271 e. The highest BCUT2D eigenvalue weighted by molar-refractivity contribution is 5.69. The van der Waals surface area contributed by atoms with E-state index in [9.17, 15) is 14.5 Å². The van der Waals surface area contributed by atoms with E-state index >= 15 is 0 Å². The van der Waals surface area contributed by atoms with Crippen LogP contribution in [0.2, 0.25) is 0 Å². The molecule has 0 amide bonds. The molecule has 5 nitrogen and oxygen atoms in total. The molecule has 2 aromatic carbocycles. The zero-order valence-electron chi connectivity index (χ0n) is 10.8. The molecule has 0 heterocycles. The third-order valence-electron chi connectivity index (χ3n) is 2.97. The molecule has 1 unspecified atom stereocenters. The summed E-state index contributed by atoms with van der Waals surface area (Å²) in [6.45, 7) is 1.86. The summed E-state index contributed by atoms with van der Waals surface area (Å²) in [5.74, 6) is -0.312. The Bertz CT molecular complexity index is 646. The first-order valence-electron chi connectivity index (χ1n) is 6.03. The summed E-state index contributed by atoms with van der Waals surface area (Å²) < 4.78 is 13.2. The Kier molecular flexibility index (Phi) is 3.84. The van der Waals surface area contributed by atoms with Gasteiger partial charge < -0.3 is 11.1 Å². The van der Waals surface area contributed by atoms with Crippen LogP contribution in [0.1, 0.15) is 18.5 Å². The number of hydrogen-bond acceptors (Lipinski definition) is 4. The van der Waals surface area contributed by atoms with Crippen molar-refractivity contribution < 1.29 is 9.31 Å². The number of halogens is 1. The van der Waals surface area contributed by atoms with Gasteiger partial charge in [-0.1, -0.05) is 12.1 Å². The summed E-state index contributed by atoms with van der Waals surface area (Å²) in [5.41, 5.74) is 7.33. The zero-order chi connectivity index (χ0) is 14.7. The summed E-state index contributed by atoms with van der Waals surface area (Å²) in [7, 11) is 0. The number of non-ortho nitro benzene ring substituents is 1. The Hall–Kier alpha value is -2.63. The quantitative estimate of drug-likeness (QED) is 0.508. The molecule has 2 aromatic rings. The van der Waals surface area contributed by atoms with Gasteiger partial charge in [-0.15, -0.1) is 0 Å². The zero-order valence-corrected chi connectivity index (χ0v) is 10.8. The lowest BCUT2D eigenvalue weighted by molar-refractivity contribution is -0.384. The van der Waals surface area contributed by atoms with Crippen LogP contribution < -0.4 is 11.1 Å². The van der Waals surface area contributed by atoms with Gasteiger partial charge in [0, 0.05) is 18.2 Å². The van der Waals surface area contributed by atoms with Gasteiger partial charge in [-0.05, 0) is 30.7 Å². The van der Waals surface area contributed by atoms with E-state index in [1.54, 1.807) is 18.2 Å². The first kappa shape index (κ1) is 13.8. The molecule has 0 saturated heterocycles. The average Bonchev–Trinajstić information content (AvgIpc) is 2.40. The van der Waals surface area contributed by atoms with Crippen molar-refractivity contribution in [1.29, 1.82) is 0 Å². The molecular formula is C14H14FN3O2. The number of nitrogens with zero attached hydrogens (tertiary/aromatic N) is 1. The van der Waals surface area contributed by atoms with E-state index in [1.807, 2.05) is 6.92 Å². The largest absolute Gasteiger partial charge is 0.397 e. The Labute approximate surface area is 115 Å². The molecule has 0 spiro atoms. The van der Waals surface area contributed by atoms with Crippen molar-refractivity contribution in [3.63, 3.8) is 0 Å². The lowest BCUT2D eigenvalue weighted by atomic mass is 10.1. The monoisotopic (exact) mass is 275 g/mol. The van der Waals surface area contributed by atoms with E-state index < -0.39 is 4.92 Å². The normalized spacial score (nSPS) is 11.9. The van der Waals surface area contributed by atoms with Crippen molar-refractivity contribution in [3.05, 3.63) is 64.0 Å². The second-order valence-corrected chi connectivity index (χ2v) is 4.45.